The monoisotopic (exact) mass is 280 g/mol. The first-order valence-corrected chi connectivity index (χ1v) is 8.14. The van der Waals surface area contributed by atoms with Gasteiger partial charge in [-0.25, -0.2) is 4.98 Å². The van der Waals surface area contributed by atoms with E-state index in [1.165, 1.54) is 61.3 Å². The van der Waals surface area contributed by atoms with Crippen LogP contribution < -0.4 is 5.32 Å². The van der Waals surface area contributed by atoms with Gasteiger partial charge in [-0.2, -0.15) is 0 Å². The standard InChI is InChI=1S/C14H24N4S/c1-11-14(19-12(2)16-11)10-17-5-7-18(8-6-17)13-3-4-15-9-13/h13,15H,3-10H2,1-2H3. The number of nitrogens with one attached hydrogen (secondary N) is 1. The van der Waals surface area contributed by atoms with Gasteiger partial charge in [0, 0.05) is 50.2 Å². The molecule has 3 rings (SSSR count). The lowest BCUT2D eigenvalue weighted by Gasteiger charge is -2.37. The van der Waals surface area contributed by atoms with Crippen molar-refractivity contribution in [1.29, 1.82) is 0 Å². The molecule has 1 N–H and O–H groups in total. The van der Waals surface area contributed by atoms with Gasteiger partial charge in [0.15, 0.2) is 0 Å². The van der Waals surface area contributed by atoms with Gasteiger partial charge in [-0.1, -0.05) is 0 Å². The van der Waals surface area contributed by atoms with Crippen molar-refractivity contribution >= 4 is 11.3 Å². The molecule has 2 fully saturated rings. The zero-order chi connectivity index (χ0) is 13.2. The molecule has 1 unspecified atom stereocenters. The lowest BCUT2D eigenvalue weighted by atomic mass is 10.2. The average molecular weight is 280 g/mol. The Balaban J connectivity index is 1.51. The summed E-state index contributed by atoms with van der Waals surface area (Å²) in [6.07, 6.45) is 1.33. The SMILES string of the molecule is Cc1nc(C)c(CN2CCN(C3CCNC3)CC2)s1. The summed E-state index contributed by atoms with van der Waals surface area (Å²) in [5.41, 5.74) is 1.23. The van der Waals surface area contributed by atoms with Crippen LogP contribution in [-0.4, -0.2) is 60.1 Å². The lowest BCUT2D eigenvalue weighted by molar-refractivity contribution is 0.0986. The molecule has 5 heteroatoms. The smallest absolute Gasteiger partial charge is 0.0900 e. The Bertz CT molecular complexity index is 417. The molecule has 0 radical (unpaired) electrons. The summed E-state index contributed by atoms with van der Waals surface area (Å²) >= 11 is 1.86. The van der Waals surface area contributed by atoms with Gasteiger partial charge in [0.1, 0.15) is 0 Å². The van der Waals surface area contributed by atoms with Crippen molar-refractivity contribution in [2.24, 2.45) is 0 Å². The van der Waals surface area contributed by atoms with E-state index in [9.17, 15) is 0 Å². The van der Waals surface area contributed by atoms with Crippen molar-refractivity contribution in [3.05, 3.63) is 15.6 Å². The molecule has 3 heterocycles. The highest BCUT2D eigenvalue weighted by Gasteiger charge is 2.26. The first-order chi connectivity index (χ1) is 9.22. The van der Waals surface area contributed by atoms with E-state index in [4.69, 9.17) is 0 Å². The Morgan fingerprint density at radius 3 is 2.63 bits per heavy atom. The van der Waals surface area contributed by atoms with E-state index in [0.29, 0.717) is 0 Å². The summed E-state index contributed by atoms with van der Waals surface area (Å²) < 4.78 is 0. The maximum Gasteiger partial charge on any atom is 0.0900 e. The van der Waals surface area contributed by atoms with Crippen molar-refractivity contribution in [2.75, 3.05) is 39.3 Å². The van der Waals surface area contributed by atoms with Crippen LogP contribution in [0.1, 0.15) is 22.0 Å². The van der Waals surface area contributed by atoms with E-state index in [0.717, 1.165) is 12.6 Å². The molecule has 106 valence electrons. The molecule has 2 aliphatic rings. The van der Waals surface area contributed by atoms with Crippen LogP contribution in [0.15, 0.2) is 0 Å². The van der Waals surface area contributed by atoms with Crippen molar-refractivity contribution in [2.45, 2.75) is 32.9 Å². The summed E-state index contributed by atoms with van der Waals surface area (Å²) in [7, 11) is 0. The van der Waals surface area contributed by atoms with Crippen molar-refractivity contribution in [3.8, 4) is 0 Å². The van der Waals surface area contributed by atoms with E-state index in [2.05, 4.69) is 33.9 Å². The number of aromatic nitrogens is 1. The molecular weight excluding hydrogens is 256 g/mol. The van der Waals surface area contributed by atoms with Crippen LogP contribution in [0.2, 0.25) is 0 Å². The van der Waals surface area contributed by atoms with Gasteiger partial charge in [-0.15, -0.1) is 11.3 Å². The second-order valence-electron chi connectivity index (χ2n) is 5.70. The summed E-state index contributed by atoms with van der Waals surface area (Å²) in [6.45, 7) is 12.6. The Kier molecular flexibility index (Phi) is 4.17. The summed E-state index contributed by atoms with van der Waals surface area (Å²) in [4.78, 5) is 11.2. The third kappa shape index (κ3) is 3.16. The summed E-state index contributed by atoms with van der Waals surface area (Å²) in [6, 6.07) is 0.787. The number of thiazole rings is 1. The summed E-state index contributed by atoms with van der Waals surface area (Å²) in [5.74, 6) is 0. The van der Waals surface area contributed by atoms with Gasteiger partial charge in [0.05, 0.1) is 10.7 Å². The van der Waals surface area contributed by atoms with Crippen LogP contribution in [-0.2, 0) is 6.54 Å². The van der Waals surface area contributed by atoms with Gasteiger partial charge >= 0.3 is 0 Å². The quantitative estimate of drug-likeness (QED) is 0.903. The zero-order valence-corrected chi connectivity index (χ0v) is 12.8. The molecule has 4 nitrogen and oxygen atoms in total. The lowest BCUT2D eigenvalue weighted by Crippen LogP contribution is -2.50. The minimum absolute atomic E-state index is 0.787. The third-order valence-electron chi connectivity index (χ3n) is 4.32. The molecule has 1 atom stereocenters. The van der Waals surface area contributed by atoms with Crippen LogP contribution in [0.25, 0.3) is 0 Å². The molecular formula is C14H24N4S. The second-order valence-corrected chi connectivity index (χ2v) is 6.99. The fraction of sp³-hybridized carbons (Fsp3) is 0.786. The highest BCUT2D eigenvalue weighted by atomic mass is 32.1. The molecule has 2 aliphatic heterocycles. The molecule has 0 amide bonds. The number of aryl methyl sites for hydroxylation is 2. The van der Waals surface area contributed by atoms with Crippen LogP contribution in [0, 0.1) is 13.8 Å². The van der Waals surface area contributed by atoms with Crippen LogP contribution in [0.4, 0.5) is 0 Å². The zero-order valence-electron chi connectivity index (χ0n) is 12.0. The summed E-state index contributed by atoms with van der Waals surface area (Å²) in [5, 5.41) is 4.67. The van der Waals surface area contributed by atoms with Crippen molar-refractivity contribution in [1.82, 2.24) is 20.1 Å². The Hall–Kier alpha value is -0.490. The van der Waals surface area contributed by atoms with E-state index in [1.54, 1.807) is 0 Å². The van der Waals surface area contributed by atoms with E-state index in [-0.39, 0.29) is 0 Å². The van der Waals surface area contributed by atoms with Gasteiger partial charge in [-0.05, 0) is 26.8 Å². The van der Waals surface area contributed by atoms with E-state index < -0.39 is 0 Å². The minimum Gasteiger partial charge on any atom is -0.315 e. The van der Waals surface area contributed by atoms with Gasteiger partial charge in [0.2, 0.25) is 0 Å². The normalized spacial score (nSPS) is 26.1. The molecule has 0 bridgehead atoms. The average Bonchev–Trinajstić information content (AvgIpc) is 3.01. The van der Waals surface area contributed by atoms with Crippen molar-refractivity contribution < 1.29 is 0 Å². The topological polar surface area (TPSA) is 31.4 Å². The molecule has 19 heavy (non-hydrogen) atoms. The van der Waals surface area contributed by atoms with Crippen LogP contribution >= 0.6 is 11.3 Å². The van der Waals surface area contributed by atoms with Gasteiger partial charge in [-0.3, -0.25) is 9.80 Å². The highest BCUT2D eigenvalue weighted by Crippen LogP contribution is 2.20. The molecule has 0 saturated carbocycles. The molecule has 2 saturated heterocycles. The van der Waals surface area contributed by atoms with Crippen molar-refractivity contribution in [3.63, 3.8) is 0 Å². The molecule has 0 aliphatic carbocycles. The number of rotatable bonds is 3. The van der Waals surface area contributed by atoms with E-state index >= 15 is 0 Å². The Morgan fingerprint density at radius 2 is 2.05 bits per heavy atom. The van der Waals surface area contributed by atoms with E-state index in [1.807, 2.05) is 11.3 Å². The van der Waals surface area contributed by atoms with Crippen LogP contribution in [0.5, 0.6) is 0 Å². The number of nitrogens with zero attached hydrogens (tertiary/aromatic N) is 3. The number of hydrogen-bond acceptors (Lipinski definition) is 5. The third-order valence-corrected chi connectivity index (χ3v) is 5.38. The second kappa shape index (κ2) is 5.87. The fourth-order valence-corrected chi connectivity index (χ4v) is 4.14. The van der Waals surface area contributed by atoms with Crippen LogP contribution in [0.3, 0.4) is 0 Å². The first kappa shape index (κ1) is 13.5. The Labute approximate surface area is 119 Å². The maximum atomic E-state index is 4.53. The Morgan fingerprint density at radius 1 is 1.26 bits per heavy atom. The molecule has 1 aromatic rings. The predicted octanol–water partition coefficient (Wildman–Crippen LogP) is 1.24. The number of piperazine rings is 1. The molecule has 0 spiro atoms. The maximum absolute atomic E-state index is 4.53. The fourth-order valence-electron chi connectivity index (χ4n) is 3.16. The predicted molar refractivity (Wildman–Crippen MR) is 79.7 cm³/mol. The van der Waals surface area contributed by atoms with Gasteiger partial charge < -0.3 is 5.32 Å². The largest absolute Gasteiger partial charge is 0.315 e. The molecule has 0 aromatic carbocycles. The number of hydrogen-bond donors (Lipinski definition) is 1. The van der Waals surface area contributed by atoms with Gasteiger partial charge in [0.25, 0.3) is 0 Å². The minimum atomic E-state index is 0.787. The highest BCUT2D eigenvalue weighted by molar-refractivity contribution is 7.11. The molecule has 1 aromatic heterocycles. The first-order valence-electron chi connectivity index (χ1n) is 7.32.